The maximum absolute atomic E-state index is 4.14. The van der Waals surface area contributed by atoms with Crippen LogP contribution in [0.15, 0.2) is 58.6 Å². The highest BCUT2D eigenvalue weighted by molar-refractivity contribution is 5.87. The predicted octanol–water partition coefficient (Wildman–Crippen LogP) is 4.60. The quantitative estimate of drug-likeness (QED) is 0.538. The first-order chi connectivity index (χ1) is 8.60. The van der Waals surface area contributed by atoms with Crippen molar-refractivity contribution in [2.75, 3.05) is 7.05 Å². The monoisotopic (exact) mass is 239 g/mol. The summed E-state index contributed by atoms with van der Waals surface area (Å²) in [6.45, 7) is 10.3. The lowest BCUT2D eigenvalue weighted by atomic mass is 9.98. The molecule has 0 aliphatic carbocycles. The van der Waals surface area contributed by atoms with Gasteiger partial charge in [-0.05, 0) is 48.6 Å². The van der Waals surface area contributed by atoms with Crippen molar-refractivity contribution in [1.29, 1.82) is 0 Å². The van der Waals surface area contributed by atoms with Crippen LogP contribution in [-0.4, -0.2) is 13.3 Å². The van der Waals surface area contributed by atoms with Gasteiger partial charge in [0.2, 0.25) is 0 Å². The van der Waals surface area contributed by atoms with Crippen molar-refractivity contribution in [3.05, 3.63) is 64.8 Å². The lowest BCUT2D eigenvalue weighted by molar-refractivity contribution is 1.38. The van der Waals surface area contributed by atoms with E-state index >= 15 is 0 Å². The van der Waals surface area contributed by atoms with Gasteiger partial charge in [0.1, 0.15) is 0 Å². The standard InChI is InChI=1S/C17H21N/c1-6-16(12-18-5)15(4)14(3)11-17-10-8-7-9-13(17)2/h6-12H,4H2,1-3,5H3/b14-11+,16-6+,18-12?. The Morgan fingerprint density at radius 3 is 2.50 bits per heavy atom. The van der Waals surface area contributed by atoms with Gasteiger partial charge in [0.05, 0.1) is 0 Å². The van der Waals surface area contributed by atoms with Crippen LogP contribution in [0.3, 0.4) is 0 Å². The molecule has 1 aromatic carbocycles. The first kappa shape index (κ1) is 14.2. The largest absolute Gasteiger partial charge is 0.296 e. The minimum Gasteiger partial charge on any atom is -0.296 e. The molecule has 0 bridgehead atoms. The van der Waals surface area contributed by atoms with Crippen LogP contribution < -0.4 is 0 Å². The molecular weight excluding hydrogens is 218 g/mol. The first-order valence-electron chi connectivity index (χ1n) is 6.12. The van der Waals surface area contributed by atoms with E-state index in [1.54, 1.807) is 7.05 Å². The Bertz CT molecular complexity index is 516. The van der Waals surface area contributed by atoms with E-state index in [-0.39, 0.29) is 0 Å². The Kier molecular flexibility index (Phi) is 5.31. The number of hydrogen-bond donors (Lipinski definition) is 0. The second-order valence-corrected chi connectivity index (χ2v) is 4.29. The summed E-state index contributed by atoms with van der Waals surface area (Å²) in [5.74, 6) is 0. The molecule has 0 atom stereocenters. The molecule has 0 fully saturated rings. The second kappa shape index (κ2) is 6.75. The van der Waals surface area contributed by atoms with Crippen LogP contribution >= 0.6 is 0 Å². The van der Waals surface area contributed by atoms with Crippen molar-refractivity contribution in [2.24, 2.45) is 4.99 Å². The summed E-state index contributed by atoms with van der Waals surface area (Å²) in [5.41, 5.74) is 5.76. The Balaban J connectivity index is 3.04. The van der Waals surface area contributed by atoms with Gasteiger partial charge in [0.25, 0.3) is 0 Å². The van der Waals surface area contributed by atoms with Gasteiger partial charge in [0.15, 0.2) is 0 Å². The van der Waals surface area contributed by atoms with E-state index in [9.17, 15) is 0 Å². The normalized spacial score (nSPS) is 13.1. The number of rotatable bonds is 4. The van der Waals surface area contributed by atoms with Gasteiger partial charge < -0.3 is 0 Å². The molecule has 0 aliphatic heterocycles. The second-order valence-electron chi connectivity index (χ2n) is 4.29. The van der Waals surface area contributed by atoms with Crippen molar-refractivity contribution in [3.8, 4) is 0 Å². The molecule has 0 amide bonds. The molecule has 0 heterocycles. The number of aliphatic imine (C=N–C) groups is 1. The summed E-state index contributed by atoms with van der Waals surface area (Å²) in [6.07, 6.45) is 6.05. The summed E-state index contributed by atoms with van der Waals surface area (Å²) in [7, 11) is 1.77. The van der Waals surface area contributed by atoms with Gasteiger partial charge in [-0.15, -0.1) is 0 Å². The van der Waals surface area contributed by atoms with E-state index in [4.69, 9.17) is 0 Å². The molecule has 0 saturated heterocycles. The number of hydrogen-bond acceptors (Lipinski definition) is 1. The highest BCUT2D eigenvalue weighted by Crippen LogP contribution is 2.20. The van der Waals surface area contributed by atoms with Crippen LogP contribution in [-0.2, 0) is 0 Å². The summed E-state index contributed by atoms with van der Waals surface area (Å²) < 4.78 is 0. The van der Waals surface area contributed by atoms with Gasteiger partial charge >= 0.3 is 0 Å². The fourth-order valence-electron chi connectivity index (χ4n) is 1.76. The zero-order chi connectivity index (χ0) is 13.5. The third-order valence-electron chi connectivity index (χ3n) is 2.96. The molecule has 0 aliphatic rings. The molecule has 0 unspecified atom stereocenters. The molecule has 0 spiro atoms. The van der Waals surface area contributed by atoms with E-state index in [0.29, 0.717) is 0 Å². The SMILES string of the molecule is C=C(/C(C=NC)=C/C)/C(C)=C/c1ccccc1C. The van der Waals surface area contributed by atoms with Crippen LogP contribution in [0, 0.1) is 6.92 Å². The number of benzene rings is 1. The summed E-state index contributed by atoms with van der Waals surface area (Å²) in [5, 5.41) is 0. The molecule has 1 rings (SSSR count). The Hall–Kier alpha value is -1.89. The summed E-state index contributed by atoms with van der Waals surface area (Å²) in [4.78, 5) is 4.05. The zero-order valence-corrected chi connectivity index (χ0v) is 11.7. The molecule has 1 heteroatoms. The lowest BCUT2D eigenvalue weighted by Crippen LogP contribution is -1.92. The van der Waals surface area contributed by atoms with Crippen LogP contribution in [0.5, 0.6) is 0 Å². The highest BCUT2D eigenvalue weighted by atomic mass is 14.6. The van der Waals surface area contributed by atoms with Gasteiger partial charge in [-0.25, -0.2) is 0 Å². The third-order valence-corrected chi connectivity index (χ3v) is 2.96. The third kappa shape index (κ3) is 3.56. The van der Waals surface area contributed by atoms with Crippen molar-refractivity contribution in [3.63, 3.8) is 0 Å². The molecule has 18 heavy (non-hydrogen) atoms. The fourth-order valence-corrected chi connectivity index (χ4v) is 1.76. The smallest absolute Gasteiger partial charge is 0.0283 e. The van der Waals surface area contributed by atoms with E-state index in [1.807, 2.05) is 19.2 Å². The van der Waals surface area contributed by atoms with Gasteiger partial charge in [0, 0.05) is 13.3 Å². The average molecular weight is 239 g/mol. The molecule has 0 radical (unpaired) electrons. The number of nitrogens with zero attached hydrogens (tertiary/aromatic N) is 1. The van der Waals surface area contributed by atoms with Crippen molar-refractivity contribution >= 4 is 12.3 Å². The minimum atomic E-state index is 1.02. The fraction of sp³-hybridized carbons (Fsp3) is 0.235. The topological polar surface area (TPSA) is 12.4 Å². The van der Waals surface area contributed by atoms with Crippen molar-refractivity contribution in [2.45, 2.75) is 20.8 Å². The Morgan fingerprint density at radius 2 is 1.94 bits per heavy atom. The van der Waals surface area contributed by atoms with Crippen LogP contribution in [0.25, 0.3) is 6.08 Å². The highest BCUT2D eigenvalue weighted by Gasteiger charge is 2.02. The molecule has 0 N–H and O–H groups in total. The first-order valence-corrected chi connectivity index (χ1v) is 6.12. The maximum Gasteiger partial charge on any atom is 0.0283 e. The molecule has 1 aromatic rings. The van der Waals surface area contributed by atoms with Crippen LogP contribution in [0.2, 0.25) is 0 Å². The molecule has 0 aromatic heterocycles. The minimum absolute atomic E-state index is 1.02. The summed E-state index contributed by atoms with van der Waals surface area (Å²) >= 11 is 0. The molecule has 0 saturated carbocycles. The van der Waals surface area contributed by atoms with E-state index < -0.39 is 0 Å². The van der Waals surface area contributed by atoms with Gasteiger partial charge in [-0.1, -0.05) is 43.0 Å². The van der Waals surface area contributed by atoms with Crippen molar-refractivity contribution in [1.82, 2.24) is 0 Å². The van der Waals surface area contributed by atoms with E-state index in [2.05, 4.69) is 55.8 Å². The Morgan fingerprint density at radius 1 is 1.28 bits per heavy atom. The van der Waals surface area contributed by atoms with Crippen molar-refractivity contribution < 1.29 is 0 Å². The number of allylic oxidation sites excluding steroid dienone is 4. The van der Waals surface area contributed by atoms with E-state index in [0.717, 1.165) is 16.7 Å². The molecule has 1 nitrogen and oxygen atoms in total. The zero-order valence-electron chi connectivity index (χ0n) is 11.7. The molecular formula is C17H21N. The maximum atomic E-state index is 4.14. The van der Waals surface area contributed by atoms with Crippen LogP contribution in [0.4, 0.5) is 0 Å². The number of aryl methyl sites for hydroxylation is 1. The molecule has 94 valence electrons. The summed E-state index contributed by atoms with van der Waals surface area (Å²) in [6, 6.07) is 8.35. The average Bonchev–Trinajstić information content (AvgIpc) is 2.37. The van der Waals surface area contributed by atoms with Gasteiger partial charge in [-0.2, -0.15) is 0 Å². The predicted molar refractivity (Wildman–Crippen MR) is 82.1 cm³/mol. The Labute approximate surface area is 110 Å². The van der Waals surface area contributed by atoms with Gasteiger partial charge in [-0.3, -0.25) is 4.99 Å². The van der Waals surface area contributed by atoms with Crippen LogP contribution in [0.1, 0.15) is 25.0 Å². The lowest BCUT2D eigenvalue weighted by Gasteiger charge is -2.08. The van der Waals surface area contributed by atoms with E-state index in [1.165, 1.54) is 11.1 Å².